The summed E-state index contributed by atoms with van der Waals surface area (Å²) in [6, 6.07) is 21.4. The molecule has 0 bridgehead atoms. The molecule has 174 valence electrons. The molecular weight excluding hydrogens is 424 g/mol. The first-order valence-corrected chi connectivity index (χ1v) is 12.0. The van der Waals surface area contributed by atoms with Crippen molar-refractivity contribution in [2.24, 2.45) is 0 Å². The molecule has 4 aromatic rings. The summed E-state index contributed by atoms with van der Waals surface area (Å²) in [5.41, 5.74) is 8.82. The Kier molecular flexibility index (Phi) is 5.31. The average molecular weight is 455 g/mol. The number of rotatable bonds is 5. The minimum absolute atomic E-state index is 0.0142. The summed E-state index contributed by atoms with van der Waals surface area (Å²) in [6.07, 6.45) is 1.91. The van der Waals surface area contributed by atoms with Gasteiger partial charge in [0, 0.05) is 30.2 Å². The first kappa shape index (κ1) is 21.3. The molecule has 1 aromatic heterocycles. The molecule has 0 saturated carbocycles. The van der Waals surface area contributed by atoms with Crippen molar-refractivity contribution in [2.75, 3.05) is 13.7 Å². The van der Waals surface area contributed by atoms with Crippen molar-refractivity contribution in [3.63, 3.8) is 0 Å². The molecule has 0 amide bonds. The minimum Gasteiger partial charge on any atom is -0.493 e. The van der Waals surface area contributed by atoms with E-state index in [1.165, 1.54) is 38.9 Å². The largest absolute Gasteiger partial charge is 0.493 e. The summed E-state index contributed by atoms with van der Waals surface area (Å²) in [4.78, 5) is 2.54. The lowest BCUT2D eigenvalue weighted by atomic mass is 9.85. The summed E-state index contributed by atoms with van der Waals surface area (Å²) in [5, 5.41) is 11.4. The summed E-state index contributed by atoms with van der Waals surface area (Å²) >= 11 is 0. The number of aryl methyl sites for hydroxylation is 1. The van der Waals surface area contributed by atoms with Gasteiger partial charge in [-0.15, -0.1) is 0 Å². The fraction of sp³-hybridized carbons (Fsp3) is 0.310. The molecular formula is C29H30N2O3. The van der Waals surface area contributed by atoms with E-state index in [1.807, 2.05) is 6.07 Å². The third-order valence-corrected chi connectivity index (χ3v) is 7.62. The summed E-state index contributed by atoms with van der Waals surface area (Å²) in [5.74, 6) is 1.60. The monoisotopic (exact) mass is 454 g/mol. The lowest BCUT2D eigenvalue weighted by Crippen LogP contribution is -2.39. The number of aromatic nitrogens is 1. The Bertz CT molecular complexity index is 1370. The maximum absolute atomic E-state index is 10.1. The van der Waals surface area contributed by atoms with E-state index in [0.717, 1.165) is 42.9 Å². The van der Waals surface area contributed by atoms with Crippen LogP contribution in [0, 0.1) is 6.92 Å². The molecule has 3 heterocycles. The van der Waals surface area contributed by atoms with Crippen molar-refractivity contribution in [1.82, 2.24) is 9.47 Å². The van der Waals surface area contributed by atoms with Gasteiger partial charge in [0.1, 0.15) is 13.3 Å². The fourth-order valence-electron chi connectivity index (χ4n) is 5.77. The zero-order valence-corrected chi connectivity index (χ0v) is 19.8. The van der Waals surface area contributed by atoms with Crippen LogP contribution in [-0.4, -0.2) is 28.2 Å². The molecule has 0 radical (unpaired) electrons. The van der Waals surface area contributed by atoms with Crippen LogP contribution in [0.25, 0.3) is 10.9 Å². The number of aliphatic hydroxyl groups is 1. The van der Waals surface area contributed by atoms with Gasteiger partial charge in [-0.05, 0) is 65.8 Å². The SMILES string of the molecule is COc1cc2c(cc1OCc1ccccc1C)CCN1Cc3c(c4ccccc4n3CO)CC21. The van der Waals surface area contributed by atoms with Crippen LogP contribution >= 0.6 is 0 Å². The number of fused-ring (bicyclic) bond motifs is 6. The van der Waals surface area contributed by atoms with Crippen LogP contribution in [-0.2, 0) is 32.7 Å². The number of hydrogen-bond acceptors (Lipinski definition) is 4. The van der Waals surface area contributed by atoms with E-state index in [0.29, 0.717) is 12.6 Å². The Balaban J connectivity index is 1.35. The highest BCUT2D eigenvalue weighted by Crippen LogP contribution is 2.44. The first-order chi connectivity index (χ1) is 16.7. The van der Waals surface area contributed by atoms with Crippen molar-refractivity contribution in [3.05, 3.63) is 94.2 Å². The second-order valence-corrected chi connectivity index (χ2v) is 9.37. The predicted molar refractivity (Wildman–Crippen MR) is 133 cm³/mol. The molecule has 1 N–H and O–H groups in total. The Morgan fingerprint density at radius 1 is 1.03 bits per heavy atom. The number of ether oxygens (including phenoxy) is 2. The van der Waals surface area contributed by atoms with Crippen LogP contribution in [0.15, 0.2) is 60.7 Å². The van der Waals surface area contributed by atoms with Gasteiger partial charge >= 0.3 is 0 Å². The first-order valence-electron chi connectivity index (χ1n) is 12.0. The molecule has 2 aliphatic rings. The maximum atomic E-state index is 10.1. The van der Waals surface area contributed by atoms with Crippen molar-refractivity contribution < 1.29 is 14.6 Å². The zero-order valence-electron chi connectivity index (χ0n) is 19.8. The average Bonchev–Trinajstić information content (AvgIpc) is 3.19. The Morgan fingerprint density at radius 3 is 2.68 bits per heavy atom. The number of hydrogen-bond donors (Lipinski definition) is 1. The lowest BCUT2D eigenvalue weighted by Gasteiger charge is -2.41. The molecule has 0 saturated heterocycles. The summed E-state index contributed by atoms with van der Waals surface area (Å²) < 4.78 is 14.1. The van der Waals surface area contributed by atoms with Gasteiger partial charge in [0.25, 0.3) is 0 Å². The normalized spacial score (nSPS) is 17.2. The Morgan fingerprint density at radius 2 is 1.85 bits per heavy atom. The van der Waals surface area contributed by atoms with Crippen LogP contribution < -0.4 is 9.47 Å². The fourth-order valence-corrected chi connectivity index (χ4v) is 5.77. The van der Waals surface area contributed by atoms with E-state index in [9.17, 15) is 5.11 Å². The third-order valence-electron chi connectivity index (χ3n) is 7.62. The second kappa shape index (κ2) is 8.49. The van der Waals surface area contributed by atoms with Gasteiger partial charge in [-0.2, -0.15) is 0 Å². The van der Waals surface area contributed by atoms with Crippen molar-refractivity contribution >= 4 is 10.9 Å². The van der Waals surface area contributed by atoms with E-state index in [-0.39, 0.29) is 6.73 Å². The number of methoxy groups -OCH3 is 1. The predicted octanol–water partition coefficient (Wildman–Crippen LogP) is 5.14. The maximum Gasteiger partial charge on any atom is 0.161 e. The van der Waals surface area contributed by atoms with E-state index < -0.39 is 0 Å². The molecule has 5 heteroatoms. The highest BCUT2D eigenvalue weighted by molar-refractivity contribution is 5.86. The second-order valence-electron chi connectivity index (χ2n) is 9.37. The van der Waals surface area contributed by atoms with Gasteiger partial charge in [0.05, 0.1) is 12.6 Å². The van der Waals surface area contributed by atoms with Gasteiger partial charge in [-0.1, -0.05) is 42.5 Å². The third kappa shape index (κ3) is 3.39. The molecule has 2 aliphatic heterocycles. The number of aliphatic hydroxyl groups excluding tert-OH is 1. The Hall–Kier alpha value is -3.28. The van der Waals surface area contributed by atoms with Gasteiger partial charge in [0.2, 0.25) is 0 Å². The molecule has 34 heavy (non-hydrogen) atoms. The van der Waals surface area contributed by atoms with Crippen molar-refractivity contribution in [3.8, 4) is 11.5 Å². The van der Waals surface area contributed by atoms with E-state index in [2.05, 4.69) is 71.0 Å². The quantitative estimate of drug-likeness (QED) is 0.454. The minimum atomic E-state index is 0.0142. The van der Waals surface area contributed by atoms with Crippen LogP contribution in [0.1, 0.15) is 39.6 Å². The lowest BCUT2D eigenvalue weighted by molar-refractivity contribution is 0.145. The number of nitrogens with zero attached hydrogens (tertiary/aromatic N) is 2. The van der Waals surface area contributed by atoms with Crippen LogP contribution in [0.3, 0.4) is 0 Å². The molecule has 0 spiro atoms. The Labute approximate surface area is 200 Å². The highest BCUT2D eigenvalue weighted by atomic mass is 16.5. The van der Waals surface area contributed by atoms with E-state index >= 15 is 0 Å². The highest BCUT2D eigenvalue weighted by Gasteiger charge is 2.35. The molecule has 3 aromatic carbocycles. The number of benzene rings is 3. The van der Waals surface area contributed by atoms with Gasteiger partial charge in [0.15, 0.2) is 11.5 Å². The van der Waals surface area contributed by atoms with E-state index in [4.69, 9.17) is 9.47 Å². The van der Waals surface area contributed by atoms with Crippen molar-refractivity contribution in [1.29, 1.82) is 0 Å². The molecule has 5 nitrogen and oxygen atoms in total. The van der Waals surface area contributed by atoms with Crippen LogP contribution in [0.5, 0.6) is 11.5 Å². The number of para-hydroxylation sites is 1. The standard InChI is InChI=1S/C29H30N2O3/c1-19-7-3-4-8-21(19)17-34-29-13-20-11-12-30-16-27-24(14-26(30)23(20)15-28(29)33-2)22-9-5-6-10-25(22)31(27)18-32/h3-10,13,15,26,32H,11-12,14,16-18H2,1-2H3. The smallest absolute Gasteiger partial charge is 0.161 e. The van der Waals surface area contributed by atoms with Crippen molar-refractivity contribution in [2.45, 2.75) is 45.7 Å². The summed E-state index contributed by atoms with van der Waals surface area (Å²) in [6.45, 7) is 4.50. The van der Waals surface area contributed by atoms with Crippen LogP contribution in [0.4, 0.5) is 0 Å². The molecule has 6 rings (SSSR count). The van der Waals surface area contributed by atoms with Crippen LogP contribution in [0.2, 0.25) is 0 Å². The van der Waals surface area contributed by atoms with E-state index in [1.54, 1.807) is 7.11 Å². The zero-order chi connectivity index (χ0) is 23.2. The van der Waals surface area contributed by atoms with Gasteiger partial charge in [-0.25, -0.2) is 0 Å². The topological polar surface area (TPSA) is 46.9 Å². The van der Waals surface area contributed by atoms with Gasteiger partial charge in [-0.3, -0.25) is 4.90 Å². The molecule has 0 aliphatic carbocycles. The summed E-state index contributed by atoms with van der Waals surface area (Å²) in [7, 11) is 1.72. The molecule has 1 atom stereocenters. The van der Waals surface area contributed by atoms with Gasteiger partial charge < -0.3 is 19.1 Å². The molecule has 0 fully saturated rings. The molecule has 1 unspecified atom stereocenters.